The second kappa shape index (κ2) is 6.10. The van der Waals surface area contributed by atoms with Crippen LogP contribution < -0.4 is 5.43 Å². The highest BCUT2D eigenvalue weighted by Crippen LogP contribution is 2.10. The Hall–Kier alpha value is -2.21. The minimum Gasteiger partial charge on any atom is -0.508 e. The molecule has 0 aliphatic heterocycles. The summed E-state index contributed by atoms with van der Waals surface area (Å²) in [4.78, 5) is 15.6. The highest BCUT2D eigenvalue weighted by Gasteiger charge is 2.04. The fourth-order valence-corrected chi connectivity index (χ4v) is 1.74. The topological polar surface area (TPSA) is 74.6 Å². The van der Waals surface area contributed by atoms with E-state index in [2.05, 4.69) is 31.4 Å². The molecule has 96 valence electrons. The van der Waals surface area contributed by atoms with Crippen LogP contribution in [0.2, 0.25) is 0 Å². The van der Waals surface area contributed by atoms with Crippen LogP contribution in [0.5, 0.6) is 5.75 Å². The lowest BCUT2D eigenvalue weighted by atomic mass is 10.2. The SMILES string of the molecule is O=C(NN=Cc1cccc(O)c1)c1cncc(Br)c1. The van der Waals surface area contributed by atoms with Crippen molar-refractivity contribution in [2.75, 3.05) is 0 Å². The van der Waals surface area contributed by atoms with Crippen LogP contribution >= 0.6 is 15.9 Å². The lowest BCUT2D eigenvalue weighted by molar-refractivity contribution is 0.0954. The number of hydrogen-bond acceptors (Lipinski definition) is 4. The largest absolute Gasteiger partial charge is 0.508 e. The van der Waals surface area contributed by atoms with Crippen molar-refractivity contribution in [2.24, 2.45) is 5.10 Å². The van der Waals surface area contributed by atoms with Crippen molar-refractivity contribution in [1.29, 1.82) is 0 Å². The van der Waals surface area contributed by atoms with Crippen LogP contribution in [-0.4, -0.2) is 22.2 Å². The average molecular weight is 320 g/mol. The van der Waals surface area contributed by atoms with Gasteiger partial charge in [-0.3, -0.25) is 9.78 Å². The molecule has 0 bridgehead atoms. The maximum atomic E-state index is 11.7. The Kier molecular flexibility index (Phi) is 4.25. The van der Waals surface area contributed by atoms with Gasteiger partial charge >= 0.3 is 0 Å². The van der Waals surface area contributed by atoms with Gasteiger partial charge in [-0.2, -0.15) is 5.10 Å². The monoisotopic (exact) mass is 319 g/mol. The molecule has 0 fully saturated rings. The van der Waals surface area contributed by atoms with Crippen LogP contribution in [0.15, 0.2) is 52.3 Å². The zero-order chi connectivity index (χ0) is 13.7. The van der Waals surface area contributed by atoms with Crippen LogP contribution in [0.1, 0.15) is 15.9 Å². The number of carbonyl (C=O) groups excluding carboxylic acids is 1. The van der Waals surface area contributed by atoms with E-state index in [1.165, 1.54) is 18.5 Å². The van der Waals surface area contributed by atoms with Crippen LogP contribution in [-0.2, 0) is 0 Å². The van der Waals surface area contributed by atoms with Gasteiger partial charge < -0.3 is 5.11 Å². The minimum absolute atomic E-state index is 0.145. The molecule has 0 spiro atoms. The molecule has 0 radical (unpaired) electrons. The quantitative estimate of drug-likeness (QED) is 0.673. The number of amides is 1. The van der Waals surface area contributed by atoms with E-state index in [0.717, 1.165) is 4.47 Å². The van der Waals surface area contributed by atoms with Crippen molar-refractivity contribution in [1.82, 2.24) is 10.4 Å². The zero-order valence-corrected chi connectivity index (χ0v) is 11.3. The Morgan fingerprint density at radius 3 is 2.95 bits per heavy atom. The number of phenolic OH excluding ortho intramolecular Hbond substituents is 1. The molecule has 0 atom stereocenters. The molecule has 1 aromatic carbocycles. The van der Waals surface area contributed by atoms with Crippen LogP contribution in [0.25, 0.3) is 0 Å². The molecule has 1 amide bonds. The second-order valence-electron chi connectivity index (χ2n) is 3.69. The van der Waals surface area contributed by atoms with Crippen LogP contribution in [0.3, 0.4) is 0 Å². The lowest BCUT2D eigenvalue weighted by Gasteiger charge is -1.99. The normalized spacial score (nSPS) is 10.6. The summed E-state index contributed by atoms with van der Waals surface area (Å²) in [6, 6.07) is 8.19. The Morgan fingerprint density at radius 1 is 1.37 bits per heavy atom. The summed E-state index contributed by atoms with van der Waals surface area (Å²) in [6.45, 7) is 0. The number of phenols is 1. The standard InChI is InChI=1S/C13H10BrN3O2/c14-11-5-10(7-15-8-11)13(19)17-16-6-9-2-1-3-12(18)4-9/h1-8,18H,(H,17,19). The first-order chi connectivity index (χ1) is 9.15. The van der Waals surface area contributed by atoms with Gasteiger partial charge in [-0.1, -0.05) is 12.1 Å². The molecule has 0 saturated heterocycles. The number of nitrogens with zero attached hydrogens (tertiary/aromatic N) is 2. The minimum atomic E-state index is -0.356. The summed E-state index contributed by atoms with van der Waals surface area (Å²) in [5, 5.41) is 13.1. The number of halogens is 1. The fraction of sp³-hybridized carbons (Fsp3) is 0. The summed E-state index contributed by atoms with van der Waals surface area (Å²) in [6.07, 6.45) is 4.49. The maximum Gasteiger partial charge on any atom is 0.272 e. The second-order valence-corrected chi connectivity index (χ2v) is 4.60. The molecule has 5 nitrogen and oxygen atoms in total. The van der Waals surface area contributed by atoms with Gasteiger partial charge in [0.15, 0.2) is 0 Å². The third kappa shape index (κ3) is 3.89. The third-order valence-corrected chi connectivity index (χ3v) is 2.65. The highest BCUT2D eigenvalue weighted by molar-refractivity contribution is 9.10. The van der Waals surface area contributed by atoms with E-state index < -0.39 is 0 Å². The first kappa shape index (κ1) is 13.2. The Labute approximate surface area is 118 Å². The van der Waals surface area contributed by atoms with E-state index in [1.807, 2.05) is 0 Å². The Bertz CT molecular complexity index is 629. The van der Waals surface area contributed by atoms with Crippen molar-refractivity contribution in [3.05, 3.63) is 58.3 Å². The molecule has 0 unspecified atom stereocenters. The zero-order valence-electron chi connectivity index (χ0n) is 9.75. The van der Waals surface area contributed by atoms with Gasteiger partial charge in [0.2, 0.25) is 0 Å². The number of nitrogens with one attached hydrogen (secondary N) is 1. The van der Waals surface area contributed by atoms with Gasteiger partial charge in [-0.15, -0.1) is 0 Å². The summed E-state index contributed by atoms with van der Waals surface area (Å²) in [7, 11) is 0. The number of hydrogen-bond donors (Lipinski definition) is 2. The van der Waals surface area contributed by atoms with Crippen LogP contribution in [0, 0.1) is 0 Å². The van der Waals surface area contributed by atoms with Gasteiger partial charge in [0, 0.05) is 16.9 Å². The third-order valence-electron chi connectivity index (χ3n) is 2.22. The number of pyridine rings is 1. The molecule has 2 aromatic rings. The smallest absolute Gasteiger partial charge is 0.272 e. The van der Waals surface area contributed by atoms with E-state index in [1.54, 1.807) is 30.5 Å². The van der Waals surface area contributed by atoms with E-state index in [0.29, 0.717) is 11.1 Å². The molecule has 0 saturated carbocycles. The molecule has 0 aliphatic rings. The molecule has 2 N–H and O–H groups in total. The highest BCUT2D eigenvalue weighted by atomic mass is 79.9. The predicted octanol–water partition coefficient (Wildman–Crippen LogP) is 2.31. The van der Waals surface area contributed by atoms with E-state index >= 15 is 0 Å². The molecule has 1 heterocycles. The molecular weight excluding hydrogens is 310 g/mol. The van der Waals surface area contributed by atoms with Crippen molar-refractivity contribution >= 4 is 28.1 Å². The first-order valence-corrected chi connectivity index (χ1v) is 6.17. The summed E-state index contributed by atoms with van der Waals surface area (Å²) >= 11 is 3.23. The van der Waals surface area contributed by atoms with E-state index in [9.17, 15) is 9.90 Å². The molecule has 2 rings (SSSR count). The average Bonchev–Trinajstić information content (AvgIpc) is 2.38. The Morgan fingerprint density at radius 2 is 2.21 bits per heavy atom. The molecule has 0 aliphatic carbocycles. The van der Waals surface area contributed by atoms with Crippen molar-refractivity contribution in [3.8, 4) is 5.75 Å². The predicted molar refractivity (Wildman–Crippen MR) is 75.1 cm³/mol. The first-order valence-electron chi connectivity index (χ1n) is 5.38. The van der Waals surface area contributed by atoms with Crippen molar-refractivity contribution in [3.63, 3.8) is 0 Å². The van der Waals surface area contributed by atoms with E-state index in [-0.39, 0.29) is 11.7 Å². The summed E-state index contributed by atoms with van der Waals surface area (Å²) < 4.78 is 0.720. The summed E-state index contributed by atoms with van der Waals surface area (Å²) in [5.74, 6) is -0.211. The fourth-order valence-electron chi connectivity index (χ4n) is 1.37. The van der Waals surface area contributed by atoms with Gasteiger partial charge in [0.25, 0.3) is 5.91 Å². The summed E-state index contributed by atoms with van der Waals surface area (Å²) in [5.41, 5.74) is 3.47. The maximum absolute atomic E-state index is 11.7. The van der Waals surface area contributed by atoms with Crippen molar-refractivity contribution in [2.45, 2.75) is 0 Å². The number of aromatic hydroxyl groups is 1. The molecule has 1 aromatic heterocycles. The number of rotatable bonds is 3. The lowest BCUT2D eigenvalue weighted by Crippen LogP contribution is -2.17. The van der Waals surface area contributed by atoms with E-state index in [4.69, 9.17) is 0 Å². The molecule has 19 heavy (non-hydrogen) atoms. The number of hydrazone groups is 1. The van der Waals surface area contributed by atoms with Gasteiger partial charge in [0.1, 0.15) is 5.75 Å². The van der Waals surface area contributed by atoms with Crippen molar-refractivity contribution < 1.29 is 9.90 Å². The molecule has 6 heteroatoms. The van der Waals surface area contributed by atoms with Gasteiger partial charge in [-0.05, 0) is 39.7 Å². The van der Waals surface area contributed by atoms with Crippen LogP contribution in [0.4, 0.5) is 0 Å². The number of benzene rings is 1. The number of carbonyl (C=O) groups is 1. The van der Waals surface area contributed by atoms with Gasteiger partial charge in [0.05, 0.1) is 11.8 Å². The molecular formula is C13H10BrN3O2. The number of aromatic nitrogens is 1. The Balaban J connectivity index is 2.01. The van der Waals surface area contributed by atoms with Gasteiger partial charge in [-0.25, -0.2) is 5.43 Å².